The zero-order chi connectivity index (χ0) is 14.7. The Hall–Kier alpha value is -0.990. The van der Waals surface area contributed by atoms with Crippen LogP contribution in [0.5, 0.6) is 0 Å². The molecule has 0 saturated heterocycles. The highest BCUT2D eigenvalue weighted by Gasteiger charge is 2.10. The highest BCUT2D eigenvalue weighted by Crippen LogP contribution is 2.16. The number of hydrogen-bond acceptors (Lipinski definition) is 3. The van der Waals surface area contributed by atoms with Gasteiger partial charge in [0.2, 0.25) is 5.91 Å². The molecule has 0 aliphatic carbocycles. The molecule has 0 unspecified atom stereocenters. The van der Waals surface area contributed by atoms with Crippen molar-refractivity contribution in [2.75, 3.05) is 5.32 Å². The van der Waals surface area contributed by atoms with E-state index in [0.717, 1.165) is 9.15 Å². The van der Waals surface area contributed by atoms with E-state index >= 15 is 0 Å². The number of rotatable bonds is 3. The number of nitrogens with zero attached hydrogens (tertiary/aromatic N) is 2. The smallest absolute Gasteiger partial charge is 0.282 e. The second-order valence-electron chi connectivity index (χ2n) is 3.82. The van der Waals surface area contributed by atoms with Gasteiger partial charge in [0.15, 0.2) is 0 Å². The summed E-state index contributed by atoms with van der Waals surface area (Å²) in [6.45, 7) is -0.152. The highest BCUT2D eigenvalue weighted by molar-refractivity contribution is 9.13. The van der Waals surface area contributed by atoms with E-state index in [0.29, 0.717) is 14.6 Å². The Labute approximate surface area is 139 Å². The quantitative estimate of drug-likeness (QED) is 0.757. The van der Waals surface area contributed by atoms with Gasteiger partial charge in [-0.25, -0.2) is 4.68 Å². The molecule has 0 atom stereocenters. The van der Waals surface area contributed by atoms with Crippen molar-refractivity contribution in [2.45, 2.75) is 6.54 Å². The minimum Gasteiger partial charge on any atom is -0.324 e. The van der Waals surface area contributed by atoms with Gasteiger partial charge < -0.3 is 5.32 Å². The minimum absolute atomic E-state index is 0.152. The first-order valence-corrected chi connectivity index (χ1v) is 7.82. The molecule has 2 aromatic rings. The minimum atomic E-state index is -0.370. The zero-order valence-corrected chi connectivity index (χ0v) is 14.7. The lowest BCUT2D eigenvalue weighted by atomic mass is 10.3. The van der Waals surface area contributed by atoms with Crippen LogP contribution in [-0.2, 0) is 11.3 Å². The zero-order valence-electron chi connectivity index (χ0n) is 9.94. The largest absolute Gasteiger partial charge is 0.324 e. The Balaban J connectivity index is 2.11. The first-order valence-electron chi connectivity index (χ1n) is 5.44. The van der Waals surface area contributed by atoms with Gasteiger partial charge in [0.05, 0.1) is 10.7 Å². The number of carbonyl (C=O) groups excluding carboxylic acids is 1. The molecule has 1 amide bonds. The molecule has 0 bridgehead atoms. The van der Waals surface area contributed by atoms with Gasteiger partial charge in [-0.15, -0.1) is 0 Å². The molecule has 0 saturated carbocycles. The summed E-state index contributed by atoms with van der Waals surface area (Å²) in [5.74, 6) is -0.323. The molecular weight excluding hydrogens is 458 g/mol. The van der Waals surface area contributed by atoms with Crippen LogP contribution in [-0.4, -0.2) is 15.7 Å². The summed E-state index contributed by atoms with van der Waals surface area (Å²) in [5, 5.41) is 6.59. The van der Waals surface area contributed by atoms with Crippen LogP contribution in [0.4, 0.5) is 5.69 Å². The van der Waals surface area contributed by atoms with Crippen LogP contribution in [0.2, 0.25) is 0 Å². The molecule has 2 rings (SSSR count). The SMILES string of the molecule is O=C(Cn1ncc(Br)c(Br)c1=O)Nc1ccc(Br)cc1. The summed E-state index contributed by atoms with van der Waals surface area (Å²) in [6.07, 6.45) is 1.46. The third-order valence-corrected chi connectivity index (χ3v) is 4.79. The summed E-state index contributed by atoms with van der Waals surface area (Å²) in [5.41, 5.74) is 0.285. The van der Waals surface area contributed by atoms with Crippen LogP contribution in [0.15, 0.2) is 48.7 Å². The Morgan fingerprint density at radius 3 is 2.50 bits per heavy atom. The molecule has 5 nitrogen and oxygen atoms in total. The van der Waals surface area contributed by atoms with Crippen LogP contribution in [0, 0.1) is 0 Å². The molecule has 0 spiro atoms. The van der Waals surface area contributed by atoms with Gasteiger partial charge in [-0.3, -0.25) is 9.59 Å². The molecule has 1 N–H and O–H groups in total. The van der Waals surface area contributed by atoms with Crippen LogP contribution in [0.25, 0.3) is 0 Å². The lowest BCUT2D eigenvalue weighted by Gasteiger charge is -2.07. The number of aromatic nitrogens is 2. The van der Waals surface area contributed by atoms with Gasteiger partial charge in [0.1, 0.15) is 11.0 Å². The monoisotopic (exact) mass is 463 g/mol. The fraction of sp³-hybridized carbons (Fsp3) is 0.0833. The van der Waals surface area contributed by atoms with E-state index in [1.165, 1.54) is 6.20 Å². The van der Waals surface area contributed by atoms with Gasteiger partial charge in [-0.1, -0.05) is 15.9 Å². The first kappa shape index (κ1) is 15.4. The molecule has 8 heteroatoms. The predicted octanol–water partition coefficient (Wildman–Crippen LogP) is 3.17. The van der Waals surface area contributed by atoms with E-state index in [2.05, 4.69) is 58.2 Å². The standard InChI is InChI=1S/C12H8Br3N3O2/c13-7-1-3-8(4-2-7)17-10(19)6-18-12(20)11(15)9(14)5-16-18/h1-5H,6H2,(H,17,19). The molecule has 20 heavy (non-hydrogen) atoms. The molecule has 1 aromatic carbocycles. The summed E-state index contributed by atoms with van der Waals surface area (Å²) in [4.78, 5) is 23.7. The van der Waals surface area contributed by atoms with Crippen molar-refractivity contribution in [3.05, 3.63) is 54.2 Å². The normalized spacial score (nSPS) is 10.3. The maximum absolute atomic E-state index is 11.9. The summed E-state index contributed by atoms with van der Waals surface area (Å²) < 4.78 is 2.89. The van der Waals surface area contributed by atoms with Gasteiger partial charge >= 0.3 is 0 Å². The van der Waals surface area contributed by atoms with Gasteiger partial charge in [-0.2, -0.15) is 5.10 Å². The highest BCUT2D eigenvalue weighted by atomic mass is 79.9. The van der Waals surface area contributed by atoms with Crippen LogP contribution < -0.4 is 10.9 Å². The fourth-order valence-electron chi connectivity index (χ4n) is 1.43. The van der Waals surface area contributed by atoms with E-state index in [4.69, 9.17) is 0 Å². The third-order valence-electron chi connectivity index (χ3n) is 2.36. The number of benzene rings is 1. The molecule has 1 heterocycles. The Bertz CT molecular complexity index is 698. The summed E-state index contributed by atoms with van der Waals surface area (Å²) in [6, 6.07) is 7.15. The second-order valence-corrected chi connectivity index (χ2v) is 6.39. The Morgan fingerprint density at radius 2 is 1.85 bits per heavy atom. The lowest BCUT2D eigenvalue weighted by Crippen LogP contribution is -2.30. The maximum Gasteiger partial charge on any atom is 0.282 e. The second kappa shape index (κ2) is 6.64. The Morgan fingerprint density at radius 1 is 1.20 bits per heavy atom. The molecule has 0 aliphatic heterocycles. The van der Waals surface area contributed by atoms with Crippen LogP contribution in [0.3, 0.4) is 0 Å². The van der Waals surface area contributed by atoms with Crippen LogP contribution >= 0.6 is 47.8 Å². The first-order chi connectivity index (χ1) is 9.47. The van der Waals surface area contributed by atoms with Crippen LogP contribution in [0.1, 0.15) is 0 Å². The average molecular weight is 466 g/mol. The van der Waals surface area contributed by atoms with E-state index in [1.54, 1.807) is 12.1 Å². The molecule has 0 aliphatic rings. The van der Waals surface area contributed by atoms with E-state index in [1.807, 2.05) is 12.1 Å². The lowest BCUT2D eigenvalue weighted by molar-refractivity contribution is -0.117. The van der Waals surface area contributed by atoms with Gasteiger partial charge in [-0.05, 0) is 56.1 Å². The molecule has 1 aromatic heterocycles. The van der Waals surface area contributed by atoms with Crippen molar-refractivity contribution in [2.24, 2.45) is 0 Å². The van der Waals surface area contributed by atoms with E-state index < -0.39 is 0 Å². The number of halogens is 3. The average Bonchev–Trinajstić information content (AvgIpc) is 2.42. The van der Waals surface area contributed by atoms with Crippen molar-refractivity contribution in [3.8, 4) is 0 Å². The van der Waals surface area contributed by atoms with Gasteiger partial charge in [0, 0.05) is 10.2 Å². The summed E-state index contributed by atoms with van der Waals surface area (Å²) >= 11 is 9.63. The number of carbonyl (C=O) groups is 1. The van der Waals surface area contributed by atoms with Crippen molar-refractivity contribution in [3.63, 3.8) is 0 Å². The Kier molecular flexibility index (Phi) is 5.11. The van der Waals surface area contributed by atoms with E-state index in [-0.39, 0.29) is 18.0 Å². The van der Waals surface area contributed by atoms with E-state index in [9.17, 15) is 9.59 Å². The predicted molar refractivity (Wildman–Crippen MR) is 86.7 cm³/mol. The molecule has 0 radical (unpaired) electrons. The number of anilines is 1. The molecule has 104 valence electrons. The van der Waals surface area contributed by atoms with Crippen molar-refractivity contribution in [1.29, 1.82) is 0 Å². The molecular formula is C12H8Br3N3O2. The maximum atomic E-state index is 11.9. The molecule has 0 fully saturated rings. The number of amides is 1. The number of nitrogens with one attached hydrogen (secondary N) is 1. The topological polar surface area (TPSA) is 64.0 Å². The third kappa shape index (κ3) is 3.77. The van der Waals surface area contributed by atoms with Crippen molar-refractivity contribution >= 4 is 59.4 Å². The van der Waals surface area contributed by atoms with Gasteiger partial charge in [0.25, 0.3) is 5.56 Å². The fourth-order valence-corrected chi connectivity index (χ4v) is 2.26. The summed E-state index contributed by atoms with van der Waals surface area (Å²) in [7, 11) is 0. The van der Waals surface area contributed by atoms with Crippen molar-refractivity contribution in [1.82, 2.24) is 9.78 Å². The number of hydrogen-bond donors (Lipinski definition) is 1. The van der Waals surface area contributed by atoms with Crippen molar-refractivity contribution < 1.29 is 4.79 Å².